The van der Waals surface area contributed by atoms with Crippen LogP contribution in [0.15, 0.2) is 35.5 Å². The van der Waals surface area contributed by atoms with Crippen LogP contribution in [0.4, 0.5) is 5.69 Å². The van der Waals surface area contributed by atoms with Gasteiger partial charge in [-0.15, -0.1) is 10.2 Å². The maximum atomic E-state index is 13.0. The molecule has 0 N–H and O–H groups in total. The maximum absolute atomic E-state index is 13.0. The third-order valence-electron chi connectivity index (χ3n) is 4.49. The number of hydrogen-bond donors (Lipinski definition) is 0. The number of thioether (sulfide) groups is 1. The van der Waals surface area contributed by atoms with Crippen molar-refractivity contribution in [3.8, 4) is 6.07 Å². The van der Waals surface area contributed by atoms with Gasteiger partial charge in [0.25, 0.3) is 0 Å². The molecule has 136 valence electrons. The second-order valence-electron chi connectivity index (χ2n) is 6.35. The summed E-state index contributed by atoms with van der Waals surface area (Å²) in [5.74, 6) is 1.01. The van der Waals surface area contributed by atoms with Crippen LogP contribution in [0.25, 0.3) is 0 Å². The lowest BCUT2D eigenvalue weighted by molar-refractivity contribution is -0.117. The first-order valence-corrected chi connectivity index (χ1v) is 9.91. The first kappa shape index (κ1) is 18.5. The fourth-order valence-electron chi connectivity index (χ4n) is 3.11. The van der Waals surface area contributed by atoms with Crippen molar-refractivity contribution in [1.82, 2.24) is 14.8 Å². The number of aromatic nitrogens is 3. The third kappa shape index (κ3) is 4.25. The fourth-order valence-corrected chi connectivity index (χ4v) is 4.07. The van der Waals surface area contributed by atoms with E-state index in [1.54, 1.807) is 4.90 Å². The number of aryl methyl sites for hydroxylation is 1. The van der Waals surface area contributed by atoms with Crippen LogP contribution in [0.3, 0.4) is 0 Å². The summed E-state index contributed by atoms with van der Waals surface area (Å²) in [5.41, 5.74) is 0.820. The summed E-state index contributed by atoms with van der Waals surface area (Å²) in [5, 5.41) is 18.1. The molecule has 7 heteroatoms. The molecule has 1 aromatic heterocycles. The Morgan fingerprint density at radius 1 is 1.31 bits per heavy atom. The molecule has 6 nitrogen and oxygen atoms in total. The average molecular weight is 369 g/mol. The van der Waals surface area contributed by atoms with Crippen molar-refractivity contribution >= 4 is 23.4 Å². The van der Waals surface area contributed by atoms with E-state index in [4.69, 9.17) is 5.26 Å². The summed E-state index contributed by atoms with van der Waals surface area (Å²) >= 11 is 1.45. The minimum absolute atomic E-state index is 0.0116. The lowest BCUT2D eigenvalue weighted by atomic mass is 10.2. The van der Waals surface area contributed by atoms with E-state index in [9.17, 15) is 4.79 Å². The Morgan fingerprint density at radius 2 is 2.12 bits per heavy atom. The summed E-state index contributed by atoms with van der Waals surface area (Å²) in [7, 11) is 0. The van der Waals surface area contributed by atoms with Crippen molar-refractivity contribution in [2.24, 2.45) is 0 Å². The van der Waals surface area contributed by atoms with E-state index in [-0.39, 0.29) is 11.2 Å². The number of benzene rings is 1. The van der Waals surface area contributed by atoms with Crippen LogP contribution in [0, 0.1) is 11.3 Å². The monoisotopic (exact) mass is 369 g/mol. The van der Waals surface area contributed by atoms with Crippen molar-refractivity contribution in [2.45, 2.75) is 56.0 Å². The number of amides is 1. The molecule has 0 spiro atoms. The number of para-hydroxylation sites is 1. The summed E-state index contributed by atoms with van der Waals surface area (Å²) in [4.78, 5) is 14.7. The zero-order valence-corrected chi connectivity index (χ0v) is 15.8. The van der Waals surface area contributed by atoms with Gasteiger partial charge in [-0.1, -0.05) is 36.4 Å². The highest BCUT2D eigenvalue weighted by atomic mass is 32.2. The van der Waals surface area contributed by atoms with Crippen LogP contribution >= 0.6 is 11.8 Å². The van der Waals surface area contributed by atoms with Crippen LogP contribution in [0.1, 0.15) is 38.4 Å². The first-order valence-electron chi connectivity index (χ1n) is 9.03. The van der Waals surface area contributed by atoms with Gasteiger partial charge in [0.05, 0.1) is 17.7 Å². The number of nitrogens with zero attached hydrogens (tertiary/aromatic N) is 5. The van der Waals surface area contributed by atoms with E-state index in [2.05, 4.69) is 20.8 Å². The molecule has 2 heterocycles. The molecule has 0 saturated carbocycles. The minimum Gasteiger partial charge on any atom is -0.310 e. The van der Waals surface area contributed by atoms with Crippen molar-refractivity contribution in [1.29, 1.82) is 5.26 Å². The molecule has 2 aromatic rings. The molecule has 1 aliphatic rings. The van der Waals surface area contributed by atoms with E-state index >= 15 is 0 Å². The number of carbonyl (C=O) groups is 1. The third-order valence-corrected chi connectivity index (χ3v) is 5.55. The second kappa shape index (κ2) is 8.86. The van der Waals surface area contributed by atoms with Gasteiger partial charge in [-0.3, -0.25) is 4.79 Å². The van der Waals surface area contributed by atoms with Gasteiger partial charge in [-0.2, -0.15) is 5.26 Å². The van der Waals surface area contributed by atoms with Gasteiger partial charge in [0.15, 0.2) is 5.16 Å². The van der Waals surface area contributed by atoms with Gasteiger partial charge in [-0.05, 0) is 31.9 Å². The van der Waals surface area contributed by atoms with Crippen LogP contribution in [0.5, 0.6) is 0 Å². The molecule has 3 rings (SSSR count). The highest BCUT2D eigenvalue weighted by Crippen LogP contribution is 2.27. The molecule has 0 fully saturated rings. The van der Waals surface area contributed by atoms with Gasteiger partial charge in [0, 0.05) is 25.2 Å². The largest absolute Gasteiger partial charge is 0.310 e. The van der Waals surface area contributed by atoms with Gasteiger partial charge in [0.2, 0.25) is 5.91 Å². The van der Waals surface area contributed by atoms with E-state index in [0.717, 1.165) is 42.5 Å². The van der Waals surface area contributed by atoms with E-state index in [0.29, 0.717) is 13.0 Å². The van der Waals surface area contributed by atoms with Crippen molar-refractivity contribution < 1.29 is 4.79 Å². The summed E-state index contributed by atoms with van der Waals surface area (Å²) in [6.07, 6.45) is 4.73. The fraction of sp³-hybridized carbons (Fsp3) is 0.474. The van der Waals surface area contributed by atoms with E-state index < -0.39 is 0 Å². The number of anilines is 1. The van der Waals surface area contributed by atoms with Gasteiger partial charge in [-0.25, -0.2) is 0 Å². The molecule has 0 radical (unpaired) electrons. The smallest absolute Gasteiger partial charge is 0.240 e. The molecular formula is C19H23N5OS. The normalized spacial score (nSPS) is 14.8. The maximum Gasteiger partial charge on any atom is 0.240 e. The van der Waals surface area contributed by atoms with Crippen molar-refractivity contribution in [3.05, 3.63) is 36.2 Å². The number of carbonyl (C=O) groups excluding carboxylic acids is 1. The second-order valence-corrected chi connectivity index (χ2v) is 7.66. The average Bonchev–Trinajstić information content (AvgIpc) is 2.89. The Labute approximate surface area is 158 Å². The van der Waals surface area contributed by atoms with Gasteiger partial charge >= 0.3 is 0 Å². The number of nitriles is 1. The zero-order chi connectivity index (χ0) is 18.4. The lowest BCUT2D eigenvalue weighted by Crippen LogP contribution is -2.37. The molecule has 1 aromatic carbocycles. The molecule has 0 unspecified atom stereocenters. The van der Waals surface area contributed by atoms with E-state index in [1.165, 1.54) is 18.2 Å². The molecule has 0 bridgehead atoms. The van der Waals surface area contributed by atoms with Crippen LogP contribution in [0.2, 0.25) is 0 Å². The van der Waals surface area contributed by atoms with Gasteiger partial charge in [0.1, 0.15) is 5.82 Å². The lowest BCUT2D eigenvalue weighted by Gasteiger charge is -2.24. The standard InChI is InChI=1S/C19H23N5OS/c1-15(26-19-22-21-17-11-6-3-7-13-24(17)19)18(25)23(14-8-12-20)16-9-4-2-5-10-16/h2,4-5,9-10,15H,3,6-8,11,13-14H2,1H3/t15-/m1/s1. The number of rotatable bonds is 6. The molecule has 0 saturated heterocycles. The summed E-state index contributed by atoms with van der Waals surface area (Å²) < 4.78 is 2.16. The van der Waals surface area contributed by atoms with Crippen LogP contribution < -0.4 is 4.90 Å². The predicted molar refractivity (Wildman–Crippen MR) is 102 cm³/mol. The molecule has 1 atom stereocenters. The zero-order valence-electron chi connectivity index (χ0n) is 15.0. The first-order chi connectivity index (χ1) is 12.7. The highest BCUT2D eigenvalue weighted by Gasteiger charge is 2.25. The topological polar surface area (TPSA) is 74.8 Å². The minimum atomic E-state index is -0.301. The Balaban J connectivity index is 1.75. The summed E-state index contributed by atoms with van der Waals surface area (Å²) in [6.45, 7) is 3.21. The number of fused-ring (bicyclic) bond motifs is 1. The molecule has 26 heavy (non-hydrogen) atoms. The highest BCUT2D eigenvalue weighted by molar-refractivity contribution is 8.00. The molecule has 1 amide bonds. The Hall–Kier alpha value is -2.33. The van der Waals surface area contributed by atoms with Crippen molar-refractivity contribution in [2.75, 3.05) is 11.4 Å². The molecular weight excluding hydrogens is 346 g/mol. The Bertz CT molecular complexity index is 783. The van der Waals surface area contributed by atoms with Crippen LogP contribution in [-0.4, -0.2) is 32.5 Å². The Morgan fingerprint density at radius 3 is 2.88 bits per heavy atom. The van der Waals surface area contributed by atoms with Crippen molar-refractivity contribution in [3.63, 3.8) is 0 Å². The number of hydrogen-bond acceptors (Lipinski definition) is 5. The summed E-state index contributed by atoms with van der Waals surface area (Å²) in [6, 6.07) is 11.6. The van der Waals surface area contributed by atoms with Crippen LogP contribution in [-0.2, 0) is 17.8 Å². The van der Waals surface area contributed by atoms with Gasteiger partial charge < -0.3 is 9.47 Å². The Kier molecular flexibility index (Phi) is 6.29. The predicted octanol–water partition coefficient (Wildman–Crippen LogP) is 3.43. The van der Waals surface area contributed by atoms with E-state index in [1.807, 2.05) is 37.3 Å². The SMILES string of the molecule is C[C@@H](Sc1nnc2n1CCCCC2)C(=O)N(CCC#N)c1ccccc1. The quantitative estimate of drug-likeness (QED) is 0.729. The molecule has 1 aliphatic heterocycles. The molecule has 0 aliphatic carbocycles.